The molecule has 144 valence electrons. The molecule has 2 aromatic rings. The van der Waals surface area contributed by atoms with Gasteiger partial charge in [-0.05, 0) is 38.7 Å². The number of aromatic nitrogens is 3. The zero-order valence-electron chi connectivity index (χ0n) is 15.0. The van der Waals surface area contributed by atoms with E-state index in [-0.39, 0.29) is 23.4 Å². The van der Waals surface area contributed by atoms with Gasteiger partial charge >= 0.3 is 6.18 Å². The minimum Gasteiger partial charge on any atom is -0.342 e. The fourth-order valence-corrected chi connectivity index (χ4v) is 4.00. The van der Waals surface area contributed by atoms with Crippen molar-refractivity contribution in [3.8, 4) is 0 Å². The zero-order valence-corrected chi connectivity index (χ0v) is 15.0. The van der Waals surface area contributed by atoms with E-state index in [2.05, 4.69) is 22.2 Å². The lowest BCUT2D eigenvalue weighted by atomic mass is 9.93. The number of hydrogen-bond acceptors (Lipinski definition) is 3. The molecular formula is C19H21F3N4O. The minimum absolute atomic E-state index is 0.0240. The molecule has 1 amide bonds. The second kappa shape index (κ2) is 6.65. The van der Waals surface area contributed by atoms with E-state index in [1.807, 2.05) is 4.90 Å². The molecule has 5 nitrogen and oxygen atoms in total. The van der Waals surface area contributed by atoms with Gasteiger partial charge in [0.05, 0.1) is 5.69 Å². The number of hydrogen-bond donors (Lipinski definition) is 0. The van der Waals surface area contributed by atoms with Crippen molar-refractivity contribution < 1.29 is 18.0 Å². The summed E-state index contributed by atoms with van der Waals surface area (Å²) in [6.45, 7) is 2.66. The van der Waals surface area contributed by atoms with E-state index in [0.717, 1.165) is 29.8 Å². The molecule has 2 aromatic heterocycles. The number of likely N-dealkylation sites (tertiary alicyclic amines) is 1. The summed E-state index contributed by atoms with van der Waals surface area (Å²) in [7, 11) is 0. The number of aryl methyl sites for hydroxylation is 1. The van der Waals surface area contributed by atoms with Crippen LogP contribution in [0.4, 0.5) is 13.2 Å². The third-order valence-electron chi connectivity index (χ3n) is 5.40. The predicted molar refractivity (Wildman–Crippen MR) is 93.1 cm³/mol. The molecule has 0 radical (unpaired) electrons. The van der Waals surface area contributed by atoms with Gasteiger partial charge in [0.15, 0.2) is 5.65 Å². The Morgan fingerprint density at radius 3 is 2.74 bits per heavy atom. The highest BCUT2D eigenvalue weighted by Crippen LogP contribution is 2.33. The molecular weight excluding hydrogens is 357 g/mol. The number of alkyl halides is 3. The van der Waals surface area contributed by atoms with Gasteiger partial charge in [0.2, 0.25) is 5.91 Å². The van der Waals surface area contributed by atoms with Crippen LogP contribution in [0.5, 0.6) is 0 Å². The van der Waals surface area contributed by atoms with Crippen molar-refractivity contribution in [2.75, 3.05) is 13.1 Å². The van der Waals surface area contributed by atoms with Crippen LogP contribution in [0.1, 0.15) is 48.7 Å². The molecule has 0 unspecified atom stereocenters. The molecule has 1 aliphatic carbocycles. The number of amides is 1. The maximum Gasteiger partial charge on any atom is 0.433 e. The third-order valence-corrected chi connectivity index (χ3v) is 5.40. The molecule has 2 aliphatic rings. The lowest BCUT2D eigenvalue weighted by Gasteiger charge is -2.24. The van der Waals surface area contributed by atoms with Gasteiger partial charge in [-0.1, -0.05) is 12.2 Å². The topological polar surface area (TPSA) is 50.5 Å². The summed E-state index contributed by atoms with van der Waals surface area (Å²) in [6.07, 6.45) is 2.91. The van der Waals surface area contributed by atoms with E-state index in [1.54, 1.807) is 6.07 Å². The van der Waals surface area contributed by atoms with Gasteiger partial charge in [-0.2, -0.15) is 18.3 Å². The highest BCUT2D eigenvalue weighted by Gasteiger charge is 2.36. The highest BCUT2D eigenvalue weighted by atomic mass is 19.4. The average Bonchev–Trinajstić information content (AvgIpc) is 3.27. The predicted octanol–water partition coefficient (Wildman–Crippen LogP) is 3.73. The first kappa shape index (κ1) is 18.0. The van der Waals surface area contributed by atoms with Gasteiger partial charge in [-0.15, -0.1) is 0 Å². The lowest BCUT2D eigenvalue weighted by Crippen LogP contribution is -2.34. The van der Waals surface area contributed by atoms with Gasteiger partial charge in [0, 0.05) is 36.7 Å². The van der Waals surface area contributed by atoms with Crippen LogP contribution in [0.25, 0.3) is 5.65 Å². The third kappa shape index (κ3) is 3.44. The molecule has 1 fully saturated rings. The smallest absolute Gasteiger partial charge is 0.342 e. The van der Waals surface area contributed by atoms with Crippen LogP contribution in [0, 0.1) is 12.8 Å². The van der Waals surface area contributed by atoms with Crippen LogP contribution < -0.4 is 0 Å². The SMILES string of the molecule is Cc1cc(C(F)(F)F)n2nc([C@H]3CCN(C(=O)[C@@H]4CC=CCC4)C3)cc2n1. The summed E-state index contributed by atoms with van der Waals surface area (Å²) in [5.74, 6) is 0.114. The number of nitrogens with zero attached hydrogens (tertiary/aromatic N) is 4. The van der Waals surface area contributed by atoms with E-state index in [9.17, 15) is 18.0 Å². The van der Waals surface area contributed by atoms with E-state index in [4.69, 9.17) is 0 Å². The van der Waals surface area contributed by atoms with Crippen LogP contribution in [0.2, 0.25) is 0 Å². The van der Waals surface area contributed by atoms with E-state index in [1.165, 1.54) is 6.92 Å². The first-order chi connectivity index (χ1) is 12.8. The van der Waals surface area contributed by atoms with Crippen LogP contribution in [-0.2, 0) is 11.0 Å². The van der Waals surface area contributed by atoms with Gasteiger partial charge in [-0.25, -0.2) is 9.50 Å². The van der Waals surface area contributed by atoms with E-state index >= 15 is 0 Å². The van der Waals surface area contributed by atoms with Crippen molar-refractivity contribution in [1.29, 1.82) is 0 Å². The molecule has 0 aromatic carbocycles. The van der Waals surface area contributed by atoms with Crippen molar-refractivity contribution in [1.82, 2.24) is 19.5 Å². The molecule has 1 saturated heterocycles. The van der Waals surface area contributed by atoms with Crippen LogP contribution in [0.15, 0.2) is 24.3 Å². The number of carbonyl (C=O) groups excluding carboxylic acids is 1. The Bertz CT molecular complexity index is 902. The van der Waals surface area contributed by atoms with Crippen molar-refractivity contribution in [2.24, 2.45) is 5.92 Å². The van der Waals surface area contributed by atoms with Crippen molar-refractivity contribution in [2.45, 2.75) is 44.7 Å². The molecule has 4 rings (SSSR count). The second-order valence-corrected chi connectivity index (χ2v) is 7.37. The normalized spacial score (nSPS) is 23.3. The Morgan fingerprint density at radius 1 is 1.22 bits per heavy atom. The first-order valence-electron chi connectivity index (χ1n) is 9.21. The van der Waals surface area contributed by atoms with Crippen LogP contribution in [0.3, 0.4) is 0 Å². The minimum atomic E-state index is -4.50. The van der Waals surface area contributed by atoms with Crippen molar-refractivity contribution >= 4 is 11.6 Å². The number of halogens is 3. The summed E-state index contributed by atoms with van der Waals surface area (Å²) < 4.78 is 40.8. The second-order valence-electron chi connectivity index (χ2n) is 7.37. The largest absolute Gasteiger partial charge is 0.433 e. The van der Waals surface area contributed by atoms with Gasteiger partial charge in [-0.3, -0.25) is 4.79 Å². The Labute approximate surface area is 154 Å². The summed E-state index contributed by atoms with van der Waals surface area (Å²) in [5, 5.41) is 4.19. The zero-order chi connectivity index (χ0) is 19.2. The first-order valence-corrected chi connectivity index (χ1v) is 9.21. The van der Waals surface area contributed by atoms with E-state index in [0.29, 0.717) is 30.9 Å². The van der Waals surface area contributed by atoms with Crippen LogP contribution >= 0.6 is 0 Å². The molecule has 8 heteroatoms. The number of fused-ring (bicyclic) bond motifs is 1. The number of rotatable bonds is 2. The average molecular weight is 378 g/mol. The summed E-state index contributed by atoms with van der Waals surface area (Å²) in [5.41, 5.74) is 0.239. The molecule has 0 saturated carbocycles. The molecule has 0 bridgehead atoms. The van der Waals surface area contributed by atoms with Crippen molar-refractivity contribution in [3.05, 3.63) is 41.4 Å². The Hall–Kier alpha value is -2.38. The Morgan fingerprint density at radius 2 is 2.04 bits per heavy atom. The molecule has 1 aliphatic heterocycles. The fourth-order valence-electron chi connectivity index (χ4n) is 4.00. The van der Waals surface area contributed by atoms with Gasteiger partial charge < -0.3 is 4.90 Å². The maximum absolute atomic E-state index is 13.3. The Balaban J connectivity index is 1.57. The summed E-state index contributed by atoms with van der Waals surface area (Å²) in [4.78, 5) is 18.7. The highest BCUT2D eigenvalue weighted by molar-refractivity contribution is 5.79. The summed E-state index contributed by atoms with van der Waals surface area (Å²) >= 11 is 0. The molecule has 0 spiro atoms. The summed E-state index contributed by atoms with van der Waals surface area (Å²) in [6, 6.07) is 2.62. The van der Waals surface area contributed by atoms with Gasteiger partial charge in [0.25, 0.3) is 0 Å². The molecule has 0 N–H and O–H groups in total. The molecule has 27 heavy (non-hydrogen) atoms. The van der Waals surface area contributed by atoms with Crippen LogP contribution in [-0.4, -0.2) is 38.5 Å². The number of carbonyl (C=O) groups is 1. The number of allylic oxidation sites excluding steroid dienone is 2. The quantitative estimate of drug-likeness (QED) is 0.749. The maximum atomic E-state index is 13.3. The molecule has 2 atom stereocenters. The lowest BCUT2D eigenvalue weighted by molar-refractivity contribution is -0.142. The Kier molecular flexibility index (Phi) is 4.44. The standard InChI is InChI=1S/C19H21F3N4O/c1-12-9-16(19(20,21)22)26-17(23-12)10-15(24-26)14-7-8-25(11-14)18(27)13-5-3-2-4-6-13/h2-3,9-10,13-14H,4-8,11H2,1H3/t13-,14+/m1/s1. The van der Waals surface area contributed by atoms with Crippen molar-refractivity contribution in [3.63, 3.8) is 0 Å². The monoisotopic (exact) mass is 378 g/mol. The van der Waals surface area contributed by atoms with E-state index < -0.39 is 11.9 Å². The fraction of sp³-hybridized carbons (Fsp3) is 0.526. The molecule has 3 heterocycles. The van der Waals surface area contributed by atoms with Gasteiger partial charge in [0.1, 0.15) is 5.69 Å².